The Morgan fingerprint density at radius 2 is 1.83 bits per heavy atom. The van der Waals surface area contributed by atoms with Crippen LogP contribution in [0.5, 0.6) is 0 Å². The number of aromatic nitrogens is 4. The summed E-state index contributed by atoms with van der Waals surface area (Å²) in [7, 11) is 0. The Balaban J connectivity index is 1.40. The number of hydrogen-bond acceptors (Lipinski definition) is 5. The SMILES string of the molecule is Clc1ccc(CNCCCSc2nnnn2-c2ccccc2)cc1. The van der Waals surface area contributed by atoms with Gasteiger partial charge in [-0.3, -0.25) is 0 Å². The summed E-state index contributed by atoms with van der Waals surface area (Å²) < 4.78 is 1.77. The second-order valence-corrected chi connectivity index (χ2v) is 6.71. The molecule has 0 fully saturated rings. The van der Waals surface area contributed by atoms with Gasteiger partial charge in [-0.05, 0) is 53.2 Å². The average molecular weight is 360 g/mol. The zero-order chi connectivity index (χ0) is 16.6. The van der Waals surface area contributed by atoms with Gasteiger partial charge in [0, 0.05) is 17.3 Å². The molecule has 0 unspecified atom stereocenters. The van der Waals surface area contributed by atoms with Gasteiger partial charge in [0.25, 0.3) is 0 Å². The number of rotatable bonds is 8. The Morgan fingerprint density at radius 3 is 2.62 bits per heavy atom. The van der Waals surface area contributed by atoms with Crippen LogP contribution < -0.4 is 5.32 Å². The predicted molar refractivity (Wildman–Crippen MR) is 97.7 cm³/mol. The topological polar surface area (TPSA) is 55.6 Å². The first-order valence-corrected chi connectivity index (χ1v) is 9.11. The highest BCUT2D eigenvalue weighted by atomic mass is 35.5. The highest BCUT2D eigenvalue weighted by Gasteiger charge is 2.07. The molecular formula is C17H18ClN5S. The third kappa shape index (κ3) is 4.80. The van der Waals surface area contributed by atoms with Gasteiger partial charge in [0.1, 0.15) is 0 Å². The number of benzene rings is 2. The van der Waals surface area contributed by atoms with Crippen LogP contribution in [0.1, 0.15) is 12.0 Å². The van der Waals surface area contributed by atoms with Crippen LogP contribution in [0.3, 0.4) is 0 Å². The maximum absolute atomic E-state index is 5.88. The van der Waals surface area contributed by atoms with E-state index in [1.54, 1.807) is 16.4 Å². The van der Waals surface area contributed by atoms with Crippen LogP contribution in [0.2, 0.25) is 5.02 Å². The molecule has 1 N–H and O–H groups in total. The fraction of sp³-hybridized carbons (Fsp3) is 0.235. The number of nitrogens with zero attached hydrogens (tertiary/aromatic N) is 4. The molecule has 5 nitrogen and oxygen atoms in total. The highest BCUT2D eigenvalue weighted by Crippen LogP contribution is 2.18. The fourth-order valence-electron chi connectivity index (χ4n) is 2.20. The van der Waals surface area contributed by atoms with Crippen LogP contribution in [0, 0.1) is 0 Å². The van der Waals surface area contributed by atoms with Gasteiger partial charge < -0.3 is 5.32 Å². The van der Waals surface area contributed by atoms with Crippen molar-refractivity contribution in [3.63, 3.8) is 0 Å². The fourth-order valence-corrected chi connectivity index (χ4v) is 3.15. The number of nitrogens with one attached hydrogen (secondary N) is 1. The van der Waals surface area contributed by atoms with Crippen molar-refractivity contribution in [2.75, 3.05) is 12.3 Å². The van der Waals surface area contributed by atoms with Gasteiger partial charge in [0.15, 0.2) is 0 Å². The maximum Gasteiger partial charge on any atom is 0.214 e. The van der Waals surface area contributed by atoms with Crippen molar-refractivity contribution < 1.29 is 0 Å². The van der Waals surface area contributed by atoms with Gasteiger partial charge in [0.05, 0.1) is 5.69 Å². The van der Waals surface area contributed by atoms with Crippen molar-refractivity contribution in [1.82, 2.24) is 25.5 Å². The molecule has 2 aromatic carbocycles. The summed E-state index contributed by atoms with van der Waals surface area (Å²) in [6.07, 6.45) is 1.04. The van der Waals surface area contributed by atoms with Gasteiger partial charge in [0.2, 0.25) is 5.16 Å². The van der Waals surface area contributed by atoms with Crippen molar-refractivity contribution in [3.8, 4) is 5.69 Å². The van der Waals surface area contributed by atoms with E-state index in [-0.39, 0.29) is 0 Å². The van der Waals surface area contributed by atoms with Gasteiger partial charge >= 0.3 is 0 Å². The summed E-state index contributed by atoms with van der Waals surface area (Å²) in [6, 6.07) is 17.8. The van der Waals surface area contributed by atoms with Crippen LogP contribution in [-0.2, 0) is 6.54 Å². The molecule has 1 heterocycles. The minimum absolute atomic E-state index is 0.770. The molecule has 0 atom stereocenters. The Labute approximate surface area is 150 Å². The van der Waals surface area contributed by atoms with E-state index in [2.05, 4.69) is 20.8 Å². The van der Waals surface area contributed by atoms with Crippen molar-refractivity contribution in [2.45, 2.75) is 18.1 Å². The van der Waals surface area contributed by atoms with Crippen molar-refractivity contribution in [1.29, 1.82) is 0 Å². The summed E-state index contributed by atoms with van der Waals surface area (Å²) in [5.74, 6) is 0.959. The second kappa shape index (κ2) is 8.82. The lowest BCUT2D eigenvalue weighted by Crippen LogP contribution is -2.15. The molecule has 0 radical (unpaired) electrons. The smallest absolute Gasteiger partial charge is 0.214 e. The predicted octanol–water partition coefficient (Wildman–Crippen LogP) is 3.59. The molecule has 3 aromatic rings. The first-order valence-electron chi connectivity index (χ1n) is 7.75. The van der Waals surface area contributed by atoms with Crippen LogP contribution in [0.4, 0.5) is 0 Å². The maximum atomic E-state index is 5.88. The number of thioether (sulfide) groups is 1. The zero-order valence-corrected chi connectivity index (χ0v) is 14.7. The molecular weight excluding hydrogens is 342 g/mol. The van der Waals surface area contributed by atoms with Crippen LogP contribution in [-0.4, -0.2) is 32.5 Å². The Kier molecular flexibility index (Phi) is 6.23. The van der Waals surface area contributed by atoms with Gasteiger partial charge in [-0.15, -0.1) is 5.10 Å². The molecule has 124 valence electrons. The molecule has 0 amide bonds. The van der Waals surface area contributed by atoms with Crippen LogP contribution in [0.25, 0.3) is 5.69 Å². The number of tetrazole rings is 1. The molecule has 0 saturated heterocycles. The third-order valence-electron chi connectivity index (χ3n) is 3.41. The van der Waals surface area contributed by atoms with E-state index in [0.29, 0.717) is 0 Å². The monoisotopic (exact) mass is 359 g/mol. The summed E-state index contributed by atoms with van der Waals surface area (Å²) in [5.41, 5.74) is 2.21. The normalized spacial score (nSPS) is 10.9. The number of hydrogen-bond donors (Lipinski definition) is 1. The quantitative estimate of drug-likeness (QED) is 0.492. The van der Waals surface area contributed by atoms with Crippen LogP contribution >= 0.6 is 23.4 Å². The first-order chi connectivity index (χ1) is 11.8. The highest BCUT2D eigenvalue weighted by molar-refractivity contribution is 7.99. The molecule has 7 heteroatoms. The first kappa shape index (κ1) is 17.0. The molecule has 0 aliphatic rings. The van der Waals surface area contributed by atoms with Gasteiger partial charge in [-0.25, -0.2) is 0 Å². The lowest BCUT2D eigenvalue weighted by molar-refractivity contribution is 0.678. The van der Waals surface area contributed by atoms with E-state index in [9.17, 15) is 0 Å². The minimum atomic E-state index is 0.770. The van der Waals surface area contributed by atoms with Crippen LogP contribution in [0.15, 0.2) is 59.8 Å². The summed E-state index contributed by atoms with van der Waals surface area (Å²) >= 11 is 7.54. The van der Waals surface area contributed by atoms with E-state index in [4.69, 9.17) is 11.6 Å². The van der Waals surface area contributed by atoms with Gasteiger partial charge in [-0.1, -0.05) is 53.7 Å². The van der Waals surface area contributed by atoms with E-state index in [0.717, 1.165) is 41.1 Å². The lowest BCUT2D eigenvalue weighted by Gasteiger charge is -2.06. The summed E-state index contributed by atoms with van der Waals surface area (Å²) in [4.78, 5) is 0. The van der Waals surface area contributed by atoms with E-state index >= 15 is 0 Å². The van der Waals surface area contributed by atoms with Crippen molar-refractivity contribution in [3.05, 3.63) is 65.2 Å². The number of halogens is 1. The molecule has 3 rings (SSSR count). The van der Waals surface area contributed by atoms with Crippen molar-refractivity contribution >= 4 is 23.4 Å². The summed E-state index contributed by atoms with van der Waals surface area (Å²) in [5, 5.41) is 17.0. The molecule has 0 aliphatic heterocycles. The summed E-state index contributed by atoms with van der Waals surface area (Å²) in [6.45, 7) is 1.80. The Hall–Kier alpha value is -1.89. The lowest BCUT2D eigenvalue weighted by atomic mass is 10.2. The van der Waals surface area contributed by atoms with E-state index in [1.165, 1.54) is 5.56 Å². The number of para-hydroxylation sites is 1. The molecule has 0 saturated carbocycles. The molecule has 0 bridgehead atoms. The Bertz CT molecular complexity index is 745. The van der Waals surface area contributed by atoms with Crippen molar-refractivity contribution in [2.24, 2.45) is 0 Å². The standard InChI is InChI=1S/C17H18ClN5S/c18-15-9-7-14(8-10-15)13-19-11-4-12-24-17-20-21-22-23(17)16-5-2-1-3-6-16/h1-3,5-10,19H,4,11-13H2. The second-order valence-electron chi connectivity index (χ2n) is 5.21. The molecule has 0 spiro atoms. The molecule has 24 heavy (non-hydrogen) atoms. The minimum Gasteiger partial charge on any atom is -0.313 e. The largest absolute Gasteiger partial charge is 0.313 e. The Morgan fingerprint density at radius 1 is 1.04 bits per heavy atom. The zero-order valence-electron chi connectivity index (χ0n) is 13.1. The average Bonchev–Trinajstić information content (AvgIpc) is 3.09. The van der Waals surface area contributed by atoms with E-state index in [1.807, 2.05) is 54.6 Å². The molecule has 0 aliphatic carbocycles. The molecule has 1 aromatic heterocycles. The van der Waals surface area contributed by atoms with Gasteiger partial charge in [-0.2, -0.15) is 4.68 Å². The van der Waals surface area contributed by atoms with E-state index < -0.39 is 0 Å². The third-order valence-corrected chi connectivity index (χ3v) is 4.67.